The van der Waals surface area contributed by atoms with Crippen LogP contribution in [0.1, 0.15) is 213 Å². The van der Waals surface area contributed by atoms with Crippen molar-refractivity contribution in [1.82, 2.24) is 0 Å². The van der Waals surface area contributed by atoms with Crippen molar-refractivity contribution in [3.05, 3.63) is 60.8 Å². The molecule has 0 rings (SSSR count). The van der Waals surface area contributed by atoms with Gasteiger partial charge in [-0.1, -0.05) is 191 Å². The van der Waals surface area contributed by atoms with Gasteiger partial charge in [0.05, 0.1) is 0 Å². The zero-order valence-corrected chi connectivity index (χ0v) is 35.9. The van der Waals surface area contributed by atoms with Crippen LogP contribution in [-0.4, -0.2) is 37.2 Å². The van der Waals surface area contributed by atoms with Gasteiger partial charge in [0.1, 0.15) is 13.2 Å². The molecule has 1 unspecified atom stereocenters. The third-order valence-corrected chi connectivity index (χ3v) is 9.60. The molecule has 0 heterocycles. The lowest BCUT2D eigenvalue weighted by Gasteiger charge is -2.18. The second-order valence-corrected chi connectivity index (χ2v) is 15.0. The van der Waals surface area contributed by atoms with Crippen LogP contribution >= 0.6 is 0 Å². The second kappa shape index (κ2) is 43.8. The maximum Gasteiger partial charge on any atom is 0.306 e. The summed E-state index contributed by atoms with van der Waals surface area (Å²) in [5, 5.41) is 0. The van der Waals surface area contributed by atoms with Crippen molar-refractivity contribution >= 4 is 17.9 Å². The number of esters is 3. The molecule has 0 bridgehead atoms. The first kappa shape index (κ1) is 52.1. The molecule has 55 heavy (non-hydrogen) atoms. The van der Waals surface area contributed by atoms with Crippen molar-refractivity contribution < 1.29 is 28.6 Å². The number of carbonyl (C=O) groups is 3. The molecule has 6 nitrogen and oxygen atoms in total. The Morgan fingerprint density at radius 2 is 0.709 bits per heavy atom. The first-order valence-electron chi connectivity index (χ1n) is 22.8. The van der Waals surface area contributed by atoms with Gasteiger partial charge < -0.3 is 14.2 Å². The second-order valence-electron chi connectivity index (χ2n) is 15.0. The zero-order valence-electron chi connectivity index (χ0n) is 35.9. The lowest BCUT2D eigenvalue weighted by Crippen LogP contribution is -2.30. The molecule has 316 valence electrons. The Bertz CT molecular complexity index is 1020. The Morgan fingerprint density at radius 3 is 1.15 bits per heavy atom. The molecular formula is C49H84O6. The summed E-state index contributed by atoms with van der Waals surface area (Å²) in [6.45, 7) is 6.41. The Morgan fingerprint density at radius 1 is 0.382 bits per heavy atom. The molecule has 0 aliphatic carbocycles. The molecule has 6 heteroatoms. The van der Waals surface area contributed by atoms with E-state index in [0.29, 0.717) is 19.3 Å². The van der Waals surface area contributed by atoms with Crippen LogP contribution in [0.15, 0.2) is 60.8 Å². The number of hydrogen-bond acceptors (Lipinski definition) is 6. The van der Waals surface area contributed by atoms with Crippen LogP contribution in [0.2, 0.25) is 0 Å². The molecule has 0 saturated heterocycles. The van der Waals surface area contributed by atoms with E-state index in [-0.39, 0.29) is 31.1 Å². The van der Waals surface area contributed by atoms with E-state index in [1.165, 1.54) is 83.5 Å². The van der Waals surface area contributed by atoms with Crippen molar-refractivity contribution in [1.29, 1.82) is 0 Å². The summed E-state index contributed by atoms with van der Waals surface area (Å²) in [6, 6.07) is 0. The summed E-state index contributed by atoms with van der Waals surface area (Å²) in [6.07, 6.45) is 52.0. The number of hydrogen-bond donors (Lipinski definition) is 0. The van der Waals surface area contributed by atoms with Crippen LogP contribution in [0.4, 0.5) is 0 Å². The van der Waals surface area contributed by atoms with Gasteiger partial charge in [-0.3, -0.25) is 14.4 Å². The number of unbranched alkanes of at least 4 members (excludes halogenated alkanes) is 22. The number of carbonyl (C=O) groups excluding carboxylic acids is 3. The smallest absolute Gasteiger partial charge is 0.306 e. The highest BCUT2D eigenvalue weighted by atomic mass is 16.6. The van der Waals surface area contributed by atoms with Gasteiger partial charge in [0.15, 0.2) is 6.10 Å². The normalized spacial score (nSPS) is 12.6. The number of allylic oxidation sites excluding steroid dienone is 10. The van der Waals surface area contributed by atoms with E-state index >= 15 is 0 Å². The Labute approximate surface area is 339 Å². The Balaban J connectivity index is 4.41. The van der Waals surface area contributed by atoms with E-state index in [1.807, 2.05) is 0 Å². The first-order valence-corrected chi connectivity index (χ1v) is 22.8. The standard InChI is InChI=1S/C49H84O6/c1-4-7-10-13-16-19-21-23-24-26-27-30-33-36-39-42-48(51)54-45-46(44-53-47(50)41-38-35-32-29-18-15-12-9-6-3)55-49(52)43-40-37-34-31-28-25-22-20-17-14-11-8-5-2/h8,11,14,16-17,19-23,46H,4-7,9-10,12-13,15,18,24-45H2,1-3H3/b11-8-,17-14-,19-16-,22-20-,23-21-. The van der Waals surface area contributed by atoms with Crippen LogP contribution in [0.25, 0.3) is 0 Å². The van der Waals surface area contributed by atoms with E-state index in [0.717, 1.165) is 89.9 Å². The van der Waals surface area contributed by atoms with Crippen LogP contribution in [-0.2, 0) is 28.6 Å². The molecule has 0 aliphatic rings. The van der Waals surface area contributed by atoms with E-state index in [2.05, 4.69) is 81.5 Å². The average molecular weight is 769 g/mol. The predicted molar refractivity (Wildman–Crippen MR) is 233 cm³/mol. The van der Waals surface area contributed by atoms with Crippen molar-refractivity contribution in [3.8, 4) is 0 Å². The summed E-state index contributed by atoms with van der Waals surface area (Å²) < 4.78 is 16.7. The van der Waals surface area contributed by atoms with Gasteiger partial charge in [-0.15, -0.1) is 0 Å². The van der Waals surface area contributed by atoms with Gasteiger partial charge in [0.25, 0.3) is 0 Å². The van der Waals surface area contributed by atoms with Crippen molar-refractivity contribution in [2.75, 3.05) is 13.2 Å². The van der Waals surface area contributed by atoms with Crippen molar-refractivity contribution in [2.45, 2.75) is 219 Å². The maximum atomic E-state index is 12.7. The summed E-state index contributed by atoms with van der Waals surface area (Å²) in [5.74, 6) is -0.924. The molecule has 0 aliphatic heterocycles. The van der Waals surface area contributed by atoms with E-state index in [9.17, 15) is 14.4 Å². The summed E-state index contributed by atoms with van der Waals surface area (Å²) >= 11 is 0. The van der Waals surface area contributed by atoms with E-state index < -0.39 is 6.10 Å². The monoisotopic (exact) mass is 769 g/mol. The SMILES string of the molecule is CC\C=C/C=C\C=C/CCCCCCCC(=O)OC(COC(=O)CCCCCCCC/C=C\C=C/CCCCC)COC(=O)CCCCCCCCCCC. The largest absolute Gasteiger partial charge is 0.462 e. The Hall–Kier alpha value is -2.89. The fourth-order valence-corrected chi connectivity index (χ4v) is 6.14. The molecule has 0 aromatic heterocycles. The van der Waals surface area contributed by atoms with Crippen molar-refractivity contribution in [2.24, 2.45) is 0 Å². The highest BCUT2D eigenvalue weighted by Crippen LogP contribution is 2.13. The molecule has 0 fully saturated rings. The number of rotatable bonds is 40. The molecule has 0 aromatic rings. The third kappa shape index (κ3) is 42.1. The van der Waals surface area contributed by atoms with E-state index in [1.54, 1.807) is 0 Å². The lowest BCUT2D eigenvalue weighted by molar-refractivity contribution is -0.167. The molecule has 0 amide bonds. The molecule has 0 saturated carbocycles. The highest BCUT2D eigenvalue weighted by molar-refractivity contribution is 5.71. The molecule has 0 aromatic carbocycles. The van der Waals surface area contributed by atoms with Crippen LogP contribution < -0.4 is 0 Å². The minimum atomic E-state index is -0.785. The molecule has 0 N–H and O–H groups in total. The molecule has 0 radical (unpaired) electrons. The maximum absolute atomic E-state index is 12.7. The zero-order chi connectivity index (χ0) is 40.1. The van der Waals surface area contributed by atoms with Gasteiger partial charge in [0.2, 0.25) is 0 Å². The van der Waals surface area contributed by atoms with Gasteiger partial charge >= 0.3 is 17.9 Å². The van der Waals surface area contributed by atoms with Crippen LogP contribution in [0.3, 0.4) is 0 Å². The summed E-state index contributed by atoms with van der Waals surface area (Å²) in [5.41, 5.74) is 0. The number of ether oxygens (including phenoxy) is 3. The predicted octanol–water partition coefficient (Wildman–Crippen LogP) is 14.5. The fourth-order valence-electron chi connectivity index (χ4n) is 6.14. The van der Waals surface area contributed by atoms with Crippen LogP contribution in [0, 0.1) is 0 Å². The minimum Gasteiger partial charge on any atom is -0.462 e. The quantitative estimate of drug-likeness (QED) is 0.0267. The third-order valence-electron chi connectivity index (χ3n) is 9.60. The minimum absolute atomic E-state index is 0.0860. The molecular weight excluding hydrogens is 685 g/mol. The van der Waals surface area contributed by atoms with Gasteiger partial charge in [-0.05, 0) is 64.2 Å². The fraction of sp³-hybridized carbons (Fsp3) is 0.735. The highest BCUT2D eigenvalue weighted by Gasteiger charge is 2.19. The van der Waals surface area contributed by atoms with Crippen molar-refractivity contribution in [3.63, 3.8) is 0 Å². The molecule has 1 atom stereocenters. The summed E-state index contributed by atoms with van der Waals surface area (Å²) in [7, 11) is 0. The Kier molecular flexibility index (Phi) is 41.5. The summed E-state index contributed by atoms with van der Waals surface area (Å²) in [4.78, 5) is 37.7. The average Bonchev–Trinajstić information content (AvgIpc) is 3.18. The van der Waals surface area contributed by atoms with Gasteiger partial charge in [-0.25, -0.2) is 0 Å². The van der Waals surface area contributed by atoms with Gasteiger partial charge in [-0.2, -0.15) is 0 Å². The first-order chi connectivity index (χ1) is 27.0. The topological polar surface area (TPSA) is 78.9 Å². The lowest BCUT2D eigenvalue weighted by atomic mass is 10.1. The van der Waals surface area contributed by atoms with Gasteiger partial charge in [0, 0.05) is 19.3 Å². The molecule has 0 spiro atoms. The van der Waals surface area contributed by atoms with Crippen LogP contribution in [0.5, 0.6) is 0 Å². The van der Waals surface area contributed by atoms with E-state index in [4.69, 9.17) is 14.2 Å².